The number of rotatable bonds is 4. The van der Waals surface area contributed by atoms with Gasteiger partial charge in [-0.2, -0.15) is 4.31 Å². The van der Waals surface area contributed by atoms with E-state index < -0.39 is 10.0 Å². The molecular formula is C7H16N2O3S. The molecule has 0 aromatic carbocycles. The van der Waals surface area contributed by atoms with Crippen LogP contribution in [0.2, 0.25) is 0 Å². The van der Waals surface area contributed by atoms with E-state index >= 15 is 0 Å². The summed E-state index contributed by atoms with van der Waals surface area (Å²) in [6, 6.07) is -0.225. The zero-order valence-corrected chi connectivity index (χ0v) is 8.33. The Kier molecular flexibility index (Phi) is 3.66. The Balaban J connectivity index is 2.69. The topological polar surface area (TPSA) is 83.6 Å². The molecule has 0 saturated carbocycles. The molecule has 0 radical (unpaired) electrons. The first-order valence-electron chi connectivity index (χ1n) is 4.42. The van der Waals surface area contributed by atoms with Crippen molar-refractivity contribution in [3.63, 3.8) is 0 Å². The number of aliphatic hydroxyl groups is 1. The molecule has 1 unspecified atom stereocenters. The van der Waals surface area contributed by atoms with Crippen LogP contribution in [0, 0.1) is 0 Å². The average molecular weight is 208 g/mol. The Morgan fingerprint density at radius 1 is 1.54 bits per heavy atom. The van der Waals surface area contributed by atoms with E-state index in [2.05, 4.69) is 0 Å². The molecule has 1 saturated heterocycles. The molecule has 1 rings (SSSR count). The molecular weight excluding hydrogens is 192 g/mol. The van der Waals surface area contributed by atoms with Gasteiger partial charge in [-0.3, -0.25) is 0 Å². The monoisotopic (exact) mass is 208 g/mol. The van der Waals surface area contributed by atoms with Crippen molar-refractivity contribution < 1.29 is 13.5 Å². The van der Waals surface area contributed by atoms with Gasteiger partial charge in [-0.1, -0.05) is 0 Å². The first-order chi connectivity index (χ1) is 6.11. The van der Waals surface area contributed by atoms with Gasteiger partial charge in [0.2, 0.25) is 10.0 Å². The maximum atomic E-state index is 11.5. The Morgan fingerprint density at radius 3 is 2.77 bits per heavy atom. The second-order valence-electron chi connectivity index (χ2n) is 3.19. The third-order valence-corrected chi connectivity index (χ3v) is 4.21. The Bertz CT molecular complexity index is 252. The molecule has 78 valence electrons. The van der Waals surface area contributed by atoms with Crippen molar-refractivity contribution in [1.29, 1.82) is 0 Å². The van der Waals surface area contributed by atoms with Crippen LogP contribution in [-0.2, 0) is 10.0 Å². The van der Waals surface area contributed by atoms with Crippen LogP contribution in [0.5, 0.6) is 0 Å². The lowest BCUT2D eigenvalue weighted by molar-refractivity contribution is 0.213. The summed E-state index contributed by atoms with van der Waals surface area (Å²) >= 11 is 0. The first kappa shape index (κ1) is 10.9. The van der Waals surface area contributed by atoms with Gasteiger partial charge >= 0.3 is 0 Å². The fourth-order valence-corrected chi connectivity index (χ4v) is 3.19. The number of sulfonamides is 1. The quantitative estimate of drug-likeness (QED) is 0.603. The van der Waals surface area contributed by atoms with E-state index in [9.17, 15) is 8.42 Å². The molecule has 0 spiro atoms. The predicted molar refractivity (Wildman–Crippen MR) is 49.7 cm³/mol. The van der Waals surface area contributed by atoms with E-state index in [1.54, 1.807) is 0 Å². The number of nitrogens with zero attached hydrogens (tertiary/aromatic N) is 1. The normalized spacial score (nSPS) is 25.2. The van der Waals surface area contributed by atoms with E-state index in [-0.39, 0.29) is 24.9 Å². The molecule has 1 aliphatic heterocycles. The van der Waals surface area contributed by atoms with Crippen LogP contribution in [-0.4, -0.2) is 49.3 Å². The van der Waals surface area contributed by atoms with Gasteiger partial charge in [0.1, 0.15) is 0 Å². The molecule has 1 heterocycles. The summed E-state index contributed by atoms with van der Waals surface area (Å²) in [4.78, 5) is 0. The summed E-state index contributed by atoms with van der Waals surface area (Å²) in [6.07, 6.45) is 1.58. The Morgan fingerprint density at radius 2 is 2.23 bits per heavy atom. The van der Waals surface area contributed by atoms with E-state index in [1.807, 2.05) is 0 Å². The minimum Gasteiger partial charge on any atom is -0.395 e. The minimum absolute atomic E-state index is 0.0243. The van der Waals surface area contributed by atoms with Crippen LogP contribution in [0.1, 0.15) is 12.8 Å². The van der Waals surface area contributed by atoms with Gasteiger partial charge in [-0.05, 0) is 12.8 Å². The maximum absolute atomic E-state index is 11.5. The highest BCUT2D eigenvalue weighted by Gasteiger charge is 2.32. The first-order valence-corrected chi connectivity index (χ1v) is 6.03. The predicted octanol–water partition coefficient (Wildman–Crippen LogP) is -1.27. The molecule has 0 bridgehead atoms. The van der Waals surface area contributed by atoms with Gasteiger partial charge in [-0.25, -0.2) is 8.42 Å². The van der Waals surface area contributed by atoms with Crippen molar-refractivity contribution in [2.24, 2.45) is 5.73 Å². The van der Waals surface area contributed by atoms with Crippen molar-refractivity contribution in [3.05, 3.63) is 0 Å². The summed E-state index contributed by atoms with van der Waals surface area (Å²) in [5, 5.41) is 8.93. The Labute approximate surface area is 78.6 Å². The number of hydrogen-bond acceptors (Lipinski definition) is 4. The van der Waals surface area contributed by atoms with Crippen LogP contribution < -0.4 is 5.73 Å². The molecule has 6 heteroatoms. The Hall–Kier alpha value is -0.170. The fourth-order valence-electron chi connectivity index (χ4n) is 1.62. The van der Waals surface area contributed by atoms with Crippen molar-refractivity contribution in [1.82, 2.24) is 4.31 Å². The van der Waals surface area contributed by atoms with Crippen molar-refractivity contribution in [2.75, 3.05) is 25.4 Å². The highest BCUT2D eigenvalue weighted by atomic mass is 32.2. The second kappa shape index (κ2) is 4.36. The van der Waals surface area contributed by atoms with Gasteiger partial charge in [-0.15, -0.1) is 0 Å². The van der Waals surface area contributed by atoms with Crippen LogP contribution >= 0.6 is 0 Å². The van der Waals surface area contributed by atoms with Crippen LogP contribution in [0.15, 0.2) is 0 Å². The van der Waals surface area contributed by atoms with Crippen molar-refractivity contribution in [3.8, 4) is 0 Å². The summed E-state index contributed by atoms with van der Waals surface area (Å²) < 4.78 is 24.4. The lowest BCUT2D eigenvalue weighted by Gasteiger charge is -2.21. The van der Waals surface area contributed by atoms with Crippen LogP contribution in [0.25, 0.3) is 0 Å². The lowest BCUT2D eigenvalue weighted by Crippen LogP contribution is -2.40. The molecule has 5 nitrogen and oxygen atoms in total. The molecule has 3 N–H and O–H groups in total. The molecule has 0 aromatic rings. The van der Waals surface area contributed by atoms with Crippen LogP contribution in [0.3, 0.4) is 0 Å². The van der Waals surface area contributed by atoms with Crippen molar-refractivity contribution in [2.45, 2.75) is 18.9 Å². The number of hydrogen-bond donors (Lipinski definition) is 2. The highest BCUT2D eigenvalue weighted by Crippen LogP contribution is 2.20. The molecule has 1 atom stereocenters. The van der Waals surface area contributed by atoms with Crippen LogP contribution in [0.4, 0.5) is 0 Å². The smallest absolute Gasteiger partial charge is 0.215 e. The largest absolute Gasteiger partial charge is 0.395 e. The molecule has 0 aromatic heterocycles. The van der Waals surface area contributed by atoms with Gasteiger partial charge < -0.3 is 10.8 Å². The fraction of sp³-hybridized carbons (Fsp3) is 1.00. The lowest BCUT2D eigenvalue weighted by atomic mass is 10.2. The maximum Gasteiger partial charge on any atom is 0.215 e. The van der Waals surface area contributed by atoms with Gasteiger partial charge in [0.05, 0.1) is 12.4 Å². The summed E-state index contributed by atoms with van der Waals surface area (Å²) in [5.74, 6) is -0.0243. The minimum atomic E-state index is -3.22. The SMILES string of the molecule is NCCS(=O)(=O)N1CCCC1CO. The third-order valence-electron chi connectivity index (χ3n) is 2.27. The molecule has 13 heavy (non-hydrogen) atoms. The van der Waals surface area contributed by atoms with E-state index in [0.29, 0.717) is 6.54 Å². The summed E-state index contributed by atoms with van der Waals surface area (Å²) in [7, 11) is -3.22. The zero-order valence-electron chi connectivity index (χ0n) is 7.52. The summed E-state index contributed by atoms with van der Waals surface area (Å²) in [5.41, 5.74) is 5.20. The number of aliphatic hydroxyl groups excluding tert-OH is 1. The molecule has 1 aliphatic rings. The highest BCUT2D eigenvalue weighted by molar-refractivity contribution is 7.89. The third kappa shape index (κ3) is 2.40. The molecule has 0 aliphatic carbocycles. The number of nitrogens with two attached hydrogens (primary N) is 1. The summed E-state index contributed by atoms with van der Waals surface area (Å²) in [6.45, 7) is 0.564. The molecule has 1 fully saturated rings. The van der Waals surface area contributed by atoms with E-state index in [0.717, 1.165) is 12.8 Å². The zero-order chi connectivity index (χ0) is 9.90. The average Bonchev–Trinajstić information content (AvgIpc) is 2.51. The van der Waals surface area contributed by atoms with Gasteiger partial charge in [0.15, 0.2) is 0 Å². The van der Waals surface area contributed by atoms with E-state index in [1.165, 1.54) is 4.31 Å². The standard InChI is InChI=1S/C7H16N2O3S/c8-3-5-13(11,12)9-4-1-2-7(9)6-10/h7,10H,1-6,8H2. The van der Waals surface area contributed by atoms with Gasteiger partial charge in [0.25, 0.3) is 0 Å². The van der Waals surface area contributed by atoms with E-state index in [4.69, 9.17) is 10.8 Å². The molecule has 0 amide bonds. The van der Waals surface area contributed by atoms with Gasteiger partial charge in [0, 0.05) is 19.1 Å². The second-order valence-corrected chi connectivity index (χ2v) is 5.24. The van der Waals surface area contributed by atoms with Crippen molar-refractivity contribution >= 4 is 10.0 Å².